The van der Waals surface area contributed by atoms with Crippen LogP contribution >= 0.6 is 0 Å². The van der Waals surface area contributed by atoms with Crippen LogP contribution in [0.15, 0.2) is 24.4 Å². The lowest BCUT2D eigenvalue weighted by Gasteiger charge is -2.15. The average Bonchev–Trinajstić information content (AvgIpc) is 2.77. The first kappa shape index (κ1) is 12.9. The molecule has 0 spiro atoms. The van der Waals surface area contributed by atoms with Crippen molar-refractivity contribution in [1.29, 1.82) is 0 Å². The molecule has 1 atom stereocenters. The lowest BCUT2D eigenvalue weighted by molar-refractivity contribution is 0.593. The summed E-state index contributed by atoms with van der Waals surface area (Å²) in [7, 11) is -2.97. The molecular weight excluding hydrogens is 250 g/mol. The van der Waals surface area contributed by atoms with Gasteiger partial charge < -0.3 is 5.32 Å². The maximum absolute atomic E-state index is 11.6. The number of H-pyrrole nitrogens is 1. The zero-order chi connectivity index (χ0) is 13.2. The van der Waals surface area contributed by atoms with Crippen LogP contribution < -0.4 is 5.32 Å². The number of rotatable bonds is 5. The Morgan fingerprint density at radius 2 is 2.22 bits per heavy atom. The first-order chi connectivity index (χ1) is 8.52. The SMILES string of the molecule is CCS(=O)(=O)CC(C)Nc1cccc2cn[nH]c12. The van der Waals surface area contributed by atoms with Gasteiger partial charge in [0.15, 0.2) is 9.84 Å². The summed E-state index contributed by atoms with van der Waals surface area (Å²) >= 11 is 0. The van der Waals surface area contributed by atoms with E-state index in [-0.39, 0.29) is 17.5 Å². The molecule has 98 valence electrons. The molecule has 18 heavy (non-hydrogen) atoms. The summed E-state index contributed by atoms with van der Waals surface area (Å²) < 4.78 is 23.1. The van der Waals surface area contributed by atoms with Crippen LogP contribution in [-0.4, -0.2) is 36.2 Å². The minimum atomic E-state index is -2.97. The number of hydrogen-bond acceptors (Lipinski definition) is 4. The molecule has 0 aliphatic heterocycles. The van der Waals surface area contributed by atoms with Crippen molar-refractivity contribution in [1.82, 2.24) is 10.2 Å². The van der Waals surface area contributed by atoms with E-state index in [4.69, 9.17) is 0 Å². The highest BCUT2D eigenvalue weighted by Crippen LogP contribution is 2.21. The topological polar surface area (TPSA) is 74.8 Å². The third kappa shape index (κ3) is 2.81. The monoisotopic (exact) mass is 267 g/mol. The van der Waals surface area contributed by atoms with Crippen LogP contribution in [0.2, 0.25) is 0 Å². The summed E-state index contributed by atoms with van der Waals surface area (Å²) in [6.45, 7) is 3.53. The van der Waals surface area contributed by atoms with E-state index < -0.39 is 9.84 Å². The molecule has 0 amide bonds. The molecular formula is C12H17N3O2S. The molecule has 1 aromatic carbocycles. The molecule has 2 rings (SSSR count). The molecule has 1 heterocycles. The molecule has 1 aromatic heterocycles. The van der Waals surface area contributed by atoms with Crippen LogP contribution in [0.25, 0.3) is 10.9 Å². The predicted octanol–water partition coefficient (Wildman–Crippen LogP) is 1.80. The number of benzene rings is 1. The maximum atomic E-state index is 11.6. The van der Waals surface area contributed by atoms with Crippen molar-refractivity contribution in [2.24, 2.45) is 0 Å². The number of para-hydroxylation sites is 1. The molecule has 0 saturated carbocycles. The van der Waals surface area contributed by atoms with Crippen molar-refractivity contribution in [3.05, 3.63) is 24.4 Å². The molecule has 1 unspecified atom stereocenters. The Morgan fingerprint density at radius 3 is 2.94 bits per heavy atom. The van der Waals surface area contributed by atoms with Crippen LogP contribution in [0.4, 0.5) is 5.69 Å². The first-order valence-electron chi connectivity index (χ1n) is 5.91. The Morgan fingerprint density at radius 1 is 1.44 bits per heavy atom. The number of fused-ring (bicyclic) bond motifs is 1. The minimum Gasteiger partial charge on any atom is -0.380 e. The number of aromatic nitrogens is 2. The van der Waals surface area contributed by atoms with Crippen LogP contribution in [0.5, 0.6) is 0 Å². The molecule has 0 saturated heterocycles. The van der Waals surface area contributed by atoms with Gasteiger partial charge in [0.2, 0.25) is 0 Å². The smallest absolute Gasteiger partial charge is 0.152 e. The Balaban J connectivity index is 2.16. The highest BCUT2D eigenvalue weighted by molar-refractivity contribution is 7.91. The normalized spacial score (nSPS) is 13.7. The number of anilines is 1. The molecule has 2 N–H and O–H groups in total. The van der Waals surface area contributed by atoms with E-state index >= 15 is 0 Å². The van der Waals surface area contributed by atoms with Gasteiger partial charge in [0.05, 0.1) is 23.2 Å². The number of hydrogen-bond donors (Lipinski definition) is 2. The number of nitrogens with one attached hydrogen (secondary N) is 2. The van der Waals surface area contributed by atoms with Crippen LogP contribution in [0.1, 0.15) is 13.8 Å². The number of nitrogens with zero attached hydrogens (tertiary/aromatic N) is 1. The summed E-state index contributed by atoms with van der Waals surface area (Å²) in [4.78, 5) is 0. The van der Waals surface area contributed by atoms with Crippen molar-refractivity contribution in [3.8, 4) is 0 Å². The van der Waals surface area contributed by atoms with Gasteiger partial charge in [0, 0.05) is 17.2 Å². The molecule has 0 radical (unpaired) electrons. The molecule has 5 nitrogen and oxygen atoms in total. The Labute approximate surface area is 107 Å². The zero-order valence-corrected chi connectivity index (χ0v) is 11.3. The highest BCUT2D eigenvalue weighted by atomic mass is 32.2. The van der Waals surface area contributed by atoms with Crippen LogP contribution in [0, 0.1) is 0 Å². The lowest BCUT2D eigenvalue weighted by atomic mass is 10.2. The fourth-order valence-electron chi connectivity index (χ4n) is 1.90. The Kier molecular flexibility index (Phi) is 3.56. The van der Waals surface area contributed by atoms with Gasteiger partial charge in [-0.25, -0.2) is 8.42 Å². The van der Waals surface area contributed by atoms with E-state index in [0.29, 0.717) is 0 Å². The highest BCUT2D eigenvalue weighted by Gasteiger charge is 2.14. The van der Waals surface area contributed by atoms with Gasteiger partial charge in [-0.3, -0.25) is 5.10 Å². The molecule has 2 aromatic rings. The quantitative estimate of drug-likeness (QED) is 0.866. The standard InChI is InChI=1S/C12H17N3O2S/c1-3-18(16,17)8-9(2)14-11-6-4-5-10-7-13-15-12(10)11/h4-7,9,14H,3,8H2,1-2H3,(H,13,15). The maximum Gasteiger partial charge on any atom is 0.152 e. The fourth-order valence-corrected chi connectivity index (χ4v) is 2.98. The zero-order valence-electron chi connectivity index (χ0n) is 10.5. The summed E-state index contributed by atoms with van der Waals surface area (Å²) in [5, 5.41) is 11.1. The second-order valence-corrected chi connectivity index (χ2v) is 6.78. The lowest BCUT2D eigenvalue weighted by Crippen LogP contribution is -2.26. The van der Waals surface area contributed by atoms with Gasteiger partial charge in [-0.1, -0.05) is 19.1 Å². The second-order valence-electron chi connectivity index (χ2n) is 4.38. The van der Waals surface area contributed by atoms with E-state index in [2.05, 4.69) is 15.5 Å². The van der Waals surface area contributed by atoms with Crippen molar-refractivity contribution in [2.45, 2.75) is 19.9 Å². The largest absolute Gasteiger partial charge is 0.380 e. The predicted molar refractivity (Wildman–Crippen MR) is 73.5 cm³/mol. The fraction of sp³-hybridized carbons (Fsp3) is 0.417. The molecule has 0 bridgehead atoms. The van der Waals surface area contributed by atoms with Crippen molar-refractivity contribution < 1.29 is 8.42 Å². The Bertz CT molecular complexity index is 634. The van der Waals surface area contributed by atoms with E-state index in [1.54, 1.807) is 13.1 Å². The van der Waals surface area contributed by atoms with Crippen molar-refractivity contribution in [2.75, 3.05) is 16.8 Å². The molecule has 0 aliphatic rings. The van der Waals surface area contributed by atoms with Crippen molar-refractivity contribution >= 4 is 26.4 Å². The first-order valence-corrected chi connectivity index (χ1v) is 7.73. The van der Waals surface area contributed by atoms with Gasteiger partial charge in [-0.05, 0) is 13.0 Å². The van der Waals surface area contributed by atoms with E-state index in [1.807, 2.05) is 25.1 Å². The summed E-state index contributed by atoms with van der Waals surface area (Å²) in [6, 6.07) is 5.65. The van der Waals surface area contributed by atoms with E-state index in [9.17, 15) is 8.42 Å². The van der Waals surface area contributed by atoms with Gasteiger partial charge in [0.1, 0.15) is 0 Å². The van der Waals surface area contributed by atoms with Gasteiger partial charge in [-0.15, -0.1) is 0 Å². The average molecular weight is 267 g/mol. The van der Waals surface area contributed by atoms with Crippen LogP contribution in [-0.2, 0) is 9.84 Å². The molecule has 6 heteroatoms. The van der Waals surface area contributed by atoms with Gasteiger partial charge in [-0.2, -0.15) is 5.10 Å². The van der Waals surface area contributed by atoms with Crippen LogP contribution in [0.3, 0.4) is 0 Å². The summed E-state index contributed by atoms with van der Waals surface area (Å²) in [6.07, 6.45) is 1.74. The summed E-state index contributed by atoms with van der Waals surface area (Å²) in [5.74, 6) is 0.307. The number of aromatic amines is 1. The van der Waals surface area contributed by atoms with Gasteiger partial charge in [0.25, 0.3) is 0 Å². The molecule has 0 aliphatic carbocycles. The second kappa shape index (κ2) is 4.97. The third-order valence-corrected chi connectivity index (χ3v) is 4.71. The van der Waals surface area contributed by atoms with E-state index in [0.717, 1.165) is 16.6 Å². The third-order valence-electron chi connectivity index (χ3n) is 2.82. The Hall–Kier alpha value is -1.56. The summed E-state index contributed by atoms with van der Waals surface area (Å²) in [5.41, 5.74) is 1.78. The number of sulfone groups is 1. The molecule has 0 fully saturated rings. The van der Waals surface area contributed by atoms with Crippen molar-refractivity contribution in [3.63, 3.8) is 0 Å². The van der Waals surface area contributed by atoms with E-state index in [1.165, 1.54) is 0 Å². The van der Waals surface area contributed by atoms with Gasteiger partial charge >= 0.3 is 0 Å². The minimum absolute atomic E-state index is 0.133.